The van der Waals surface area contributed by atoms with Crippen LogP contribution >= 0.6 is 0 Å². The number of ether oxygens (including phenoxy) is 2. The van der Waals surface area contributed by atoms with Gasteiger partial charge < -0.3 is 19.7 Å². The van der Waals surface area contributed by atoms with Gasteiger partial charge in [-0.2, -0.15) is 5.10 Å². The largest absolute Gasteiger partial charge is 0.385 e. The van der Waals surface area contributed by atoms with E-state index in [1.807, 2.05) is 4.90 Å². The molecule has 1 aliphatic heterocycles. The van der Waals surface area contributed by atoms with Crippen molar-refractivity contribution in [3.63, 3.8) is 0 Å². The van der Waals surface area contributed by atoms with Crippen LogP contribution in [-0.2, 0) is 20.8 Å². The summed E-state index contributed by atoms with van der Waals surface area (Å²) in [7, 11) is 1.74. The number of nitrogens with zero attached hydrogens (tertiary/aromatic N) is 3. The van der Waals surface area contributed by atoms with Crippen LogP contribution in [0.3, 0.4) is 0 Å². The molecule has 164 valence electrons. The van der Waals surface area contributed by atoms with E-state index in [-0.39, 0.29) is 11.9 Å². The van der Waals surface area contributed by atoms with Crippen molar-refractivity contribution in [2.24, 2.45) is 0 Å². The molecule has 2 aliphatic rings. The summed E-state index contributed by atoms with van der Waals surface area (Å²) in [5, 5.41) is 9.46. The van der Waals surface area contributed by atoms with E-state index in [4.69, 9.17) is 14.6 Å². The van der Waals surface area contributed by atoms with E-state index < -0.39 is 6.10 Å². The molecule has 1 amide bonds. The van der Waals surface area contributed by atoms with E-state index >= 15 is 0 Å². The van der Waals surface area contributed by atoms with E-state index in [9.17, 15) is 4.79 Å². The van der Waals surface area contributed by atoms with E-state index in [0.29, 0.717) is 19.2 Å². The summed E-state index contributed by atoms with van der Waals surface area (Å²) in [6.07, 6.45) is 3.74. The van der Waals surface area contributed by atoms with Gasteiger partial charge in [-0.1, -0.05) is 18.2 Å². The zero-order valence-electron chi connectivity index (χ0n) is 18.4. The molecule has 2 aromatic rings. The SMILES string of the molecule is COCCCCn1nc([C@@H](C)N(C(=O)[C@H]2CNCCO2)C2CC2)c2cccc(C)c21. The minimum atomic E-state index is -0.397. The van der Waals surface area contributed by atoms with Gasteiger partial charge in [-0.15, -0.1) is 0 Å². The zero-order valence-corrected chi connectivity index (χ0v) is 18.4. The first-order valence-electron chi connectivity index (χ1n) is 11.2. The van der Waals surface area contributed by atoms with Crippen molar-refractivity contribution < 1.29 is 14.3 Å². The first-order valence-corrected chi connectivity index (χ1v) is 11.2. The third-order valence-corrected chi connectivity index (χ3v) is 6.18. The Bertz CT molecular complexity index is 871. The molecule has 1 aromatic carbocycles. The molecule has 1 aromatic heterocycles. The molecule has 0 bridgehead atoms. The number of methoxy groups -OCH3 is 1. The smallest absolute Gasteiger partial charge is 0.253 e. The molecule has 0 spiro atoms. The fraction of sp³-hybridized carbons (Fsp3) is 0.652. The number of aromatic nitrogens is 2. The van der Waals surface area contributed by atoms with Gasteiger partial charge in [0.1, 0.15) is 6.10 Å². The quantitative estimate of drug-likeness (QED) is 0.639. The van der Waals surface area contributed by atoms with Crippen LogP contribution in [0.25, 0.3) is 10.9 Å². The van der Waals surface area contributed by atoms with Crippen molar-refractivity contribution in [2.45, 2.75) is 64.3 Å². The number of para-hydroxylation sites is 1. The molecule has 7 nitrogen and oxygen atoms in total. The van der Waals surface area contributed by atoms with Crippen LogP contribution in [0.2, 0.25) is 0 Å². The van der Waals surface area contributed by atoms with Crippen molar-refractivity contribution in [1.82, 2.24) is 20.0 Å². The Hall–Kier alpha value is -1.96. The van der Waals surface area contributed by atoms with Crippen LogP contribution in [0.5, 0.6) is 0 Å². The molecule has 2 atom stereocenters. The molecule has 2 fully saturated rings. The van der Waals surface area contributed by atoms with Crippen LogP contribution in [0.4, 0.5) is 0 Å². The Kier molecular flexibility index (Phi) is 6.71. The van der Waals surface area contributed by atoms with Crippen LogP contribution in [0.1, 0.15) is 49.9 Å². The maximum Gasteiger partial charge on any atom is 0.253 e. The van der Waals surface area contributed by atoms with E-state index in [1.54, 1.807) is 7.11 Å². The van der Waals surface area contributed by atoms with Crippen LogP contribution < -0.4 is 5.32 Å². The van der Waals surface area contributed by atoms with Gasteiger partial charge in [0, 0.05) is 44.8 Å². The molecule has 2 heterocycles. The molecule has 30 heavy (non-hydrogen) atoms. The molecular weight excluding hydrogens is 380 g/mol. The van der Waals surface area contributed by atoms with E-state index in [2.05, 4.69) is 42.0 Å². The van der Waals surface area contributed by atoms with Crippen LogP contribution in [-0.4, -0.2) is 66.1 Å². The Morgan fingerprint density at radius 3 is 2.93 bits per heavy atom. The standard InChI is InChI=1S/C23H34N4O3/c1-16-7-6-8-19-21(25-26(22(16)19)12-4-5-13-29-3)17(2)27(18-9-10-18)23(28)20-15-24-11-14-30-20/h6-8,17-18,20,24H,4-5,9-15H2,1-3H3/t17-,20-/m1/s1. The number of carbonyl (C=O) groups is 1. The Labute approximate surface area is 178 Å². The van der Waals surface area contributed by atoms with Crippen molar-refractivity contribution in [2.75, 3.05) is 33.4 Å². The summed E-state index contributed by atoms with van der Waals surface area (Å²) in [5.41, 5.74) is 3.38. The lowest BCUT2D eigenvalue weighted by Crippen LogP contribution is -2.50. The van der Waals surface area contributed by atoms with Crippen LogP contribution in [0.15, 0.2) is 18.2 Å². The predicted octanol–water partition coefficient (Wildman–Crippen LogP) is 2.81. The highest BCUT2D eigenvalue weighted by molar-refractivity contribution is 5.87. The monoisotopic (exact) mass is 414 g/mol. The topological polar surface area (TPSA) is 68.6 Å². The summed E-state index contributed by atoms with van der Waals surface area (Å²) in [6, 6.07) is 6.57. The molecular formula is C23H34N4O3. The average Bonchev–Trinajstić information content (AvgIpc) is 3.52. The van der Waals surface area contributed by atoms with Gasteiger partial charge in [-0.25, -0.2) is 0 Å². The van der Waals surface area contributed by atoms with Crippen molar-refractivity contribution in [1.29, 1.82) is 0 Å². The number of hydrogen-bond donors (Lipinski definition) is 1. The molecule has 1 aliphatic carbocycles. The number of morpholine rings is 1. The summed E-state index contributed by atoms with van der Waals surface area (Å²) >= 11 is 0. The van der Waals surface area contributed by atoms with Gasteiger partial charge in [0.2, 0.25) is 0 Å². The maximum atomic E-state index is 13.4. The van der Waals surface area contributed by atoms with Gasteiger partial charge in [0.15, 0.2) is 0 Å². The number of aryl methyl sites for hydroxylation is 2. The van der Waals surface area contributed by atoms with Crippen molar-refractivity contribution in [3.8, 4) is 0 Å². The lowest BCUT2D eigenvalue weighted by atomic mass is 10.1. The van der Waals surface area contributed by atoms with Crippen molar-refractivity contribution >= 4 is 16.8 Å². The van der Waals surface area contributed by atoms with Crippen molar-refractivity contribution in [3.05, 3.63) is 29.5 Å². The number of fused-ring (bicyclic) bond motifs is 1. The first-order chi connectivity index (χ1) is 14.6. The van der Waals surface area contributed by atoms with Gasteiger partial charge in [0.25, 0.3) is 5.91 Å². The molecule has 4 rings (SSSR count). The highest BCUT2D eigenvalue weighted by atomic mass is 16.5. The number of unbranched alkanes of at least 4 members (excludes halogenated alkanes) is 1. The zero-order chi connectivity index (χ0) is 21.1. The molecule has 7 heteroatoms. The molecule has 0 radical (unpaired) electrons. The molecule has 1 saturated carbocycles. The number of amides is 1. The van der Waals surface area contributed by atoms with Crippen LogP contribution in [0, 0.1) is 6.92 Å². The summed E-state index contributed by atoms with van der Waals surface area (Å²) < 4.78 is 13.1. The minimum Gasteiger partial charge on any atom is -0.385 e. The third-order valence-electron chi connectivity index (χ3n) is 6.18. The molecule has 1 saturated heterocycles. The van der Waals surface area contributed by atoms with E-state index in [1.165, 1.54) is 11.1 Å². The van der Waals surface area contributed by atoms with Gasteiger partial charge in [-0.05, 0) is 45.1 Å². The fourth-order valence-corrected chi connectivity index (χ4v) is 4.48. The lowest BCUT2D eigenvalue weighted by Gasteiger charge is -2.33. The van der Waals surface area contributed by atoms with Gasteiger partial charge in [-0.3, -0.25) is 9.48 Å². The summed E-state index contributed by atoms with van der Waals surface area (Å²) in [5.74, 6) is 0.0904. The minimum absolute atomic E-state index is 0.0833. The second-order valence-corrected chi connectivity index (χ2v) is 8.50. The number of carbonyl (C=O) groups excluding carboxylic acids is 1. The molecule has 1 N–H and O–H groups in total. The Morgan fingerprint density at radius 1 is 1.40 bits per heavy atom. The normalized spacial score (nSPS) is 20.4. The fourth-order valence-electron chi connectivity index (χ4n) is 4.48. The van der Waals surface area contributed by atoms with Gasteiger partial charge >= 0.3 is 0 Å². The second-order valence-electron chi connectivity index (χ2n) is 8.50. The van der Waals surface area contributed by atoms with Gasteiger partial charge in [0.05, 0.1) is 23.9 Å². The maximum absolute atomic E-state index is 13.4. The number of rotatable bonds is 9. The first kappa shape index (κ1) is 21.3. The third kappa shape index (κ3) is 4.38. The summed E-state index contributed by atoms with van der Waals surface area (Å²) in [6.45, 7) is 7.84. The lowest BCUT2D eigenvalue weighted by molar-refractivity contribution is -0.148. The number of benzene rings is 1. The highest BCUT2D eigenvalue weighted by Crippen LogP contribution is 2.37. The molecule has 0 unspecified atom stereocenters. The Morgan fingerprint density at radius 2 is 2.23 bits per heavy atom. The average molecular weight is 415 g/mol. The number of nitrogens with one attached hydrogen (secondary N) is 1. The summed E-state index contributed by atoms with van der Waals surface area (Å²) in [4.78, 5) is 15.4. The highest BCUT2D eigenvalue weighted by Gasteiger charge is 2.41. The predicted molar refractivity (Wildman–Crippen MR) is 116 cm³/mol. The second kappa shape index (κ2) is 9.45. The van der Waals surface area contributed by atoms with E-state index in [0.717, 1.165) is 56.5 Å². The Balaban J connectivity index is 1.63. The number of hydrogen-bond acceptors (Lipinski definition) is 5.